The first kappa shape index (κ1) is 20.0. The number of hydrogen-bond acceptors (Lipinski definition) is 3. The summed E-state index contributed by atoms with van der Waals surface area (Å²) in [5.41, 5.74) is 2.22. The molecule has 1 aliphatic carbocycles. The van der Waals surface area contributed by atoms with Crippen LogP contribution in [0.15, 0.2) is 77.3 Å². The topological polar surface area (TPSA) is 75.3 Å². The van der Waals surface area contributed by atoms with Crippen molar-refractivity contribution in [2.75, 3.05) is 5.32 Å². The zero-order valence-electron chi connectivity index (χ0n) is 16.0. The number of ketones is 1. The van der Waals surface area contributed by atoms with Gasteiger partial charge in [0.05, 0.1) is 5.56 Å². The first-order valence-electron chi connectivity index (χ1n) is 9.63. The van der Waals surface area contributed by atoms with Crippen molar-refractivity contribution < 1.29 is 14.4 Å². The third kappa shape index (κ3) is 4.66. The standard InChI is InChI=1S/C24H19BrN2O3/c25-17-9-5-15(6-10-17)22(28)20-3-1-2-4-21(20)24(30)27-18-11-7-16(8-12-18)23(29)26-19-13-14-19/h1-12,19H,13-14H2,(H,26,29)(H,27,30). The van der Waals surface area contributed by atoms with E-state index in [1.165, 1.54) is 0 Å². The van der Waals surface area contributed by atoms with Crippen LogP contribution in [0.25, 0.3) is 0 Å². The fraction of sp³-hybridized carbons (Fsp3) is 0.125. The molecule has 0 saturated heterocycles. The van der Waals surface area contributed by atoms with Crippen LogP contribution in [-0.4, -0.2) is 23.6 Å². The first-order valence-corrected chi connectivity index (χ1v) is 10.4. The van der Waals surface area contributed by atoms with E-state index in [0.29, 0.717) is 27.9 Å². The molecule has 1 saturated carbocycles. The highest BCUT2D eigenvalue weighted by Crippen LogP contribution is 2.21. The molecule has 30 heavy (non-hydrogen) atoms. The third-order valence-electron chi connectivity index (χ3n) is 4.84. The summed E-state index contributed by atoms with van der Waals surface area (Å²) in [6.07, 6.45) is 2.05. The molecular weight excluding hydrogens is 444 g/mol. The molecule has 3 aromatic rings. The number of amides is 2. The highest BCUT2D eigenvalue weighted by Gasteiger charge is 2.24. The molecule has 6 heteroatoms. The Labute approximate surface area is 182 Å². The van der Waals surface area contributed by atoms with Crippen molar-refractivity contribution in [3.63, 3.8) is 0 Å². The average Bonchev–Trinajstić information content (AvgIpc) is 3.58. The van der Waals surface area contributed by atoms with Gasteiger partial charge in [0.25, 0.3) is 11.8 Å². The maximum atomic E-state index is 12.9. The zero-order valence-corrected chi connectivity index (χ0v) is 17.6. The summed E-state index contributed by atoms with van der Waals surface area (Å²) in [6, 6.07) is 20.7. The molecule has 5 nitrogen and oxygen atoms in total. The molecular formula is C24H19BrN2O3. The largest absolute Gasteiger partial charge is 0.349 e. The van der Waals surface area contributed by atoms with E-state index in [-0.39, 0.29) is 23.6 Å². The molecule has 0 aromatic heterocycles. The summed E-state index contributed by atoms with van der Waals surface area (Å²) < 4.78 is 0.874. The molecule has 2 N–H and O–H groups in total. The predicted molar refractivity (Wildman–Crippen MR) is 119 cm³/mol. The number of anilines is 1. The number of carbonyl (C=O) groups excluding carboxylic acids is 3. The first-order chi connectivity index (χ1) is 14.5. The smallest absolute Gasteiger partial charge is 0.256 e. The fourth-order valence-electron chi connectivity index (χ4n) is 3.04. The fourth-order valence-corrected chi connectivity index (χ4v) is 3.30. The molecule has 1 fully saturated rings. The molecule has 0 aliphatic heterocycles. The highest BCUT2D eigenvalue weighted by molar-refractivity contribution is 9.10. The average molecular weight is 463 g/mol. The van der Waals surface area contributed by atoms with Gasteiger partial charge in [-0.2, -0.15) is 0 Å². The maximum Gasteiger partial charge on any atom is 0.256 e. The molecule has 0 heterocycles. The molecule has 3 aromatic carbocycles. The van der Waals surface area contributed by atoms with Crippen molar-refractivity contribution in [2.45, 2.75) is 18.9 Å². The van der Waals surface area contributed by atoms with E-state index in [1.807, 2.05) is 0 Å². The quantitative estimate of drug-likeness (QED) is 0.515. The molecule has 0 spiro atoms. The number of hydrogen-bond donors (Lipinski definition) is 2. The van der Waals surface area contributed by atoms with Gasteiger partial charge >= 0.3 is 0 Å². The Morgan fingerprint density at radius 2 is 1.33 bits per heavy atom. The third-order valence-corrected chi connectivity index (χ3v) is 5.37. The van der Waals surface area contributed by atoms with Gasteiger partial charge in [0.2, 0.25) is 0 Å². The van der Waals surface area contributed by atoms with E-state index < -0.39 is 0 Å². The van der Waals surface area contributed by atoms with Crippen molar-refractivity contribution in [2.24, 2.45) is 0 Å². The Bertz CT molecular complexity index is 1100. The minimum Gasteiger partial charge on any atom is -0.349 e. The van der Waals surface area contributed by atoms with Crippen LogP contribution in [0, 0.1) is 0 Å². The number of carbonyl (C=O) groups is 3. The van der Waals surface area contributed by atoms with Gasteiger partial charge in [0.1, 0.15) is 0 Å². The van der Waals surface area contributed by atoms with E-state index in [4.69, 9.17) is 0 Å². The molecule has 150 valence electrons. The van der Waals surface area contributed by atoms with Gasteiger partial charge in [0, 0.05) is 32.9 Å². The van der Waals surface area contributed by atoms with Gasteiger partial charge in [-0.1, -0.05) is 34.1 Å². The number of benzene rings is 3. The lowest BCUT2D eigenvalue weighted by Crippen LogP contribution is -2.25. The van der Waals surface area contributed by atoms with Gasteiger partial charge < -0.3 is 10.6 Å². The Morgan fingerprint density at radius 1 is 0.733 bits per heavy atom. The number of rotatable bonds is 6. The summed E-state index contributed by atoms with van der Waals surface area (Å²) in [7, 11) is 0. The van der Waals surface area contributed by atoms with Gasteiger partial charge in [-0.3, -0.25) is 14.4 Å². The maximum absolute atomic E-state index is 12.9. The predicted octanol–water partition coefficient (Wildman–Crippen LogP) is 4.82. The monoisotopic (exact) mass is 462 g/mol. The van der Waals surface area contributed by atoms with Crippen LogP contribution in [0.3, 0.4) is 0 Å². The minimum absolute atomic E-state index is 0.110. The van der Waals surface area contributed by atoms with Gasteiger partial charge in [-0.15, -0.1) is 0 Å². The Kier molecular flexibility index (Phi) is 5.77. The van der Waals surface area contributed by atoms with Crippen molar-refractivity contribution in [3.8, 4) is 0 Å². The summed E-state index contributed by atoms with van der Waals surface area (Å²) in [6.45, 7) is 0. The van der Waals surface area contributed by atoms with Crippen LogP contribution < -0.4 is 10.6 Å². The molecule has 0 bridgehead atoms. The van der Waals surface area contributed by atoms with Gasteiger partial charge in [-0.25, -0.2) is 0 Å². The Balaban J connectivity index is 1.50. The molecule has 0 radical (unpaired) electrons. The summed E-state index contributed by atoms with van der Waals surface area (Å²) in [5.74, 6) is -0.715. The lowest BCUT2D eigenvalue weighted by atomic mass is 9.98. The molecule has 2 amide bonds. The van der Waals surface area contributed by atoms with Crippen molar-refractivity contribution in [1.29, 1.82) is 0 Å². The van der Waals surface area contributed by atoms with E-state index in [2.05, 4.69) is 26.6 Å². The van der Waals surface area contributed by atoms with E-state index in [1.54, 1.807) is 72.8 Å². The van der Waals surface area contributed by atoms with Crippen LogP contribution in [0.5, 0.6) is 0 Å². The number of halogens is 1. The van der Waals surface area contributed by atoms with Crippen LogP contribution in [0.4, 0.5) is 5.69 Å². The lowest BCUT2D eigenvalue weighted by Gasteiger charge is -2.10. The zero-order chi connectivity index (χ0) is 21.1. The summed E-state index contributed by atoms with van der Waals surface area (Å²) in [5, 5.41) is 5.73. The summed E-state index contributed by atoms with van der Waals surface area (Å²) in [4.78, 5) is 37.8. The molecule has 0 atom stereocenters. The molecule has 4 rings (SSSR count). The van der Waals surface area contributed by atoms with Crippen LogP contribution in [0.1, 0.15) is 49.5 Å². The van der Waals surface area contributed by atoms with Crippen LogP contribution in [0.2, 0.25) is 0 Å². The second kappa shape index (κ2) is 8.63. The van der Waals surface area contributed by atoms with Crippen molar-refractivity contribution >= 4 is 39.2 Å². The van der Waals surface area contributed by atoms with Crippen molar-refractivity contribution in [3.05, 3.63) is 99.5 Å². The van der Waals surface area contributed by atoms with Gasteiger partial charge in [-0.05, 0) is 67.4 Å². The second-order valence-electron chi connectivity index (χ2n) is 7.16. The second-order valence-corrected chi connectivity index (χ2v) is 8.08. The highest BCUT2D eigenvalue weighted by atomic mass is 79.9. The summed E-state index contributed by atoms with van der Waals surface area (Å²) >= 11 is 3.35. The molecule has 1 aliphatic rings. The normalized spacial score (nSPS) is 12.8. The van der Waals surface area contributed by atoms with Crippen molar-refractivity contribution in [1.82, 2.24) is 5.32 Å². The van der Waals surface area contributed by atoms with E-state index in [9.17, 15) is 14.4 Å². The van der Waals surface area contributed by atoms with E-state index >= 15 is 0 Å². The molecule has 0 unspecified atom stereocenters. The van der Waals surface area contributed by atoms with Crippen LogP contribution in [-0.2, 0) is 0 Å². The Morgan fingerprint density at radius 3 is 1.97 bits per heavy atom. The van der Waals surface area contributed by atoms with E-state index in [0.717, 1.165) is 17.3 Å². The van der Waals surface area contributed by atoms with Crippen LogP contribution >= 0.6 is 15.9 Å². The van der Waals surface area contributed by atoms with Gasteiger partial charge in [0.15, 0.2) is 5.78 Å². The number of nitrogens with one attached hydrogen (secondary N) is 2. The lowest BCUT2D eigenvalue weighted by molar-refractivity contribution is 0.0950. The Hall–Kier alpha value is -3.25. The SMILES string of the molecule is O=C(NC1CC1)c1ccc(NC(=O)c2ccccc2C(=O)c2ccc(Br)cc2)cc1. The minimum atomic E-state index is -0.383.